The van der Waals surface area contributed by atoms with E-state index in [-0.39, 0.29) is 40.1 Å². The number of ether oxygens (including phenoxy) is 5. The molecule has 14 heteroatoms. The van der Waals surface area contributed by atoms with E-state index in [1.165, 1.54) is 5.57 Å². The van der Waals surface area contributed by atoms with Gasteiger partial charge < -0.3 is 59.4 Å². The van der Waals surface area contributed by atoms with Crippen molar-refractivity contribution in [2.45, 2.75) is 187 Å². The van der Waals surface area contributed by atoms with Crippen LogP contribution in [0.2, 0.25) is 0 Å². The Morgan fingerprint density at radius 2 is 1.47 bits per heavy atom. The van der Waals surface area contributed by atoms with Gasteiger partial charge in [0.15, 0.2) is 18.7 Å². The highest BCUT2D eigenvalue weighted by atomic mass is 16.8. The summed E-state index contributed by atoms with van der Waals surface area (Å²) in [6, 6.07) is 0. The maximum Gasteiger partial charge on any atom is 0.338 e. The van der Waals surface area contributed by atoms with Crippen molar-refractivity contribution in [2.75, 3.05) is 13.2 Å². The summed E-state index contributed by atoms with van der Waals surface area (Å²) in [5.74, 6) is -0.987. The second-order valence-electron chi connectivity index (χ2n) is 21.1. The Kier molecular flexibility index (Phi) is 11.7. The Hall–Kier alpha value is -1.72. The standard InChI is InChI=1S/C44H70O14/c1-9-54-35(51)33-30(48)31(49)34(58-36-32(50)29(47)28(46)24(21-45)55-36)37(57-33)56-27-13-14-41(6)25(40(27,4)5)12-15-43(8)26(41)11-10-22-23-20-39(2,3)16-18-44(23,38(52)53)19-17-42(22,43)7/h10,23-34,36-37,45-50H,9,11-21H2,1-8H3,(H,52,53)/t23-,24+,25-,26+,27-,28+,29-,30-,31-,32+,33-,34+,36-,37+,41-,42+,43+,44-/m0/s1. The van der Waals surface area contributed by atoms with Crippen molar-refractivity contribution < 1.29 is 69.0 Å². The van der Waals surface area contributed by atoms with Gasteiger partial charge in [-0.05, 0) is 116 Å². The van der Waals surface area contributed by atoms with Crippen LogP contribution >= 0.6 is 0 Å². The number of carboxylic acid groups (broad SMARTS) is 1. The van der Waals surface area contributed by atoms with Gasteiger partial charge in [0.1, 0.15) is 42.7 Å². The SMILES string of the molecule is CCOC(=O)[C@H]1O[C@@H](O[C@H]2CC[C@]3(C)[C@H]4CC=C5[C@@H]6CC(C)(C)CC[C@]6(C(=O)O)CC[C@@]5(C)[C@]4(C)CC[C@H]3C2(C)C)[C@H](O[C@@H]2O[C@H](CO)[C@@H](O)[C@H](O)[C@H]2O)[C@@H](O)[C@@H]1O. The number of carboxylic acids is 1. The third-order valence-corrected chi connectivity index (χ3v) is 17.5. The van der Waals surface area contributed by atoms with E-state index in [9.17, 15) is 45.3 Å². The molecule has 6 fully saturated rings. The van der Waals surface area contributed by atoms with Crippen LogP contribution in [0.3, 0.4) is 0 Å². The Balaban J connectivity index is 1.16. The van der Waals surface area contributed by atoms with E-state index in [0.29, 0.717) is 18.8 Å². The zero-order valence-electron chi connectivity index (χ0n) is 35.6. The molecule has 18 atom stereocenters. The fourth-order valence-electron chi connectivity index (χ4n) is 13.9. The molecule has 7 rings (SSSR count). The average Bonchev–Trinajstić information content (AvgIpc) is 3.15. The van der Waals surface area contributed by atoms with E-state index in [4.69, 9.17) is 23.7 Å². The van der Waals surface area contributed by atoms with Crippen molar-refractivity contribution in [1.82, 2.24) is 0 Å². The predicted molar refractivity (Wildman–Crippen MR) is 207 cm³/mol. The number of fused-ring (bicyclic) bond motifs is 7. The molecule has 0 aromatic carbocycles. The fraction of sp³-hybridized carbons (Fsp3) is 0.909. The Morgan fingerprint density at radius 3 is 2.12 bits per heavy atom. The molecule has 2 heterocycles. The van der Waals surface area contributed by atoms with Crippen LogP contribution in [0.4, 0.5) is 0 Å². The minimum atomic E-state index is -1.81. The van der Waals surface area contributed by atoms with E-state index in [2.05, 4.69) is 54.5 Å². The van der Waals surface area contributed by atoms with Crippen molar-refractivity contribution in [3.63, 3.8) is 0 Å². The maximum absolute atomic E-state index is 13.1. The van der Waals surface area contributed by atoms with Gasteiger partial charge in [0, 0.05) is 0 Å². The predicted octanol–water partition coefficient (Wildman–Crippen LogP) is 3.45. The van der Waals surface area contributed by atoms with E-state index in [1.54, 1.807) is 6.92 Å². The molecule has 4 saturated carbocycles. The molecular weight excluding hydrogens is 752 g/mol. The molecule has 5 aliphatic carbocycles. The molecule has 2 saturated heterocycles. The van der Waals surface area contributed by atoms with Crippen molar-refractivity contribution in [2.24, 2.45) is 50.2 Å². The molecule has 0 spiro atoms. The summed E-state index contributed by atoms with van der Waals surface area (Å²) >= 11 is 0. The number of rotatable bonds is 8. The lowest BCUT2D eigenvalue weighted by atomic mass is 9.33. The number of aliphatic carboxylic acids is 1. The van der Waals surface area contributed by atoms with Gasteiger partial charge >= 0.3 is 11.9 Å². The first kappa shape index (κ1) is 44.3. The van der Waals surface area contributed by atoms with Gasteiger partial charge in [-0.15, -0.1) is 0 Å². The van der Waals surface area contributed by atoms with Gasteiger partial charge in [0.05, 0.1) is 24.7 Å². The molecule has 0 amide bonds. The molecule has 7 N–H and O–H groups in total. The van der Waals surface area contributed by atoms with Crippen LogP contribution in [-0.4, -0.2) is 128 Å². The lowest BCUT2D eigenvalue weighted by molar-refractivity contribution is -0.374. The highest BCUT2D eigenvalue weighted by Crippen LogP contribution is 2.76. The summed E-state index contributed by atoms with van der Waals surface area (Å²) in [6.45, 7) is 17.2. The number of hydrogen-bond donors (Lipinski definition) is 7. The van der Waals surface area contributed by atoms with Crippen molar-refractivity contribution in [3.05, 3.63) is 11.6 Å². The normalized spacial score (nSPS) is 50.9. The third kappa shape index (κ3) is 6.64. The average molecular weight is 823 g/mol. The number of aliphatic hydroxyl groups excluding tert-OH is 6. The summed E-state index contributed by atoms with van der Waals surface area (Å²) in [5, 5.41) is 74.8. The van der Waals surface area contributed by atoms with Crippen LogP contribution < -0.4 is 0 Å². The monoisotopic (exact) mass is 822 g/mol. The summed E-state index contributed by atoms with van der Waals surface area (Å²) in [5.41, 5.74) is 0.00175. The summed E-state index contributed by atoms with van der Waals surface area (Å²) in [7, 11) is 0. The molecule has 0 unspecified atom stereocenters. The Labute approximate surface area is 342 Å². The van der Waals surface area contributed by atoms with Crippen LogP contribution in [-0.2, 0) is 33.3 Å². The molecule has 0 aromatic heterocycles. The second kappa shape index (κ2) is 15.3. The smallest absolute Gasteiger partial charge is 0.338 e. The van der Waals surface area contributed by atoms with Crippen molar-refractivity contribution in [1.29, 1.82) is 0 Å². The highest BCUT2D eigenvalue weighted by Gasteiger charge is 2.70. The van der Waals surface area contributed by atoms with Crippen LogP contribution in [0.1, 0.15) is 120 Å². The molecule has 0 bridgehead atoms. The first-order valence-electron chi connectivity index (χ1n) is 21.8. The van der Waals surface area contributed by atoms with Gasteiger partial charge in [-0.2, -0.15) is 0 Å². The highest BCUT2D eigenvalue weighted by molar-refractivity contribution is 5.77. The molecule has 58 heavy (non-hydrogen) atoms. The number of esters is 1. The fourth-order valence-corrected chi connectivity index (χ4v) is 13.9. The van der Waals surface area contributed by atoms with E-state index >= 15 is 0 Å². The maximum atomic E-state index is 13.1. The quantitative estimate of drug-likeness (QED) is 0.106. The minimum Gasteiger partial charge on any atom is -0.481 e. The number of hydrogen-bond acceptors (Lipinski definition) is 13. The zero-order valence-corrected chi connectivity index (χ0v) is 35.6. The van der Waals surface area contributed by atoms with E-state index in [0.717, 1.165) is 51.4 Å². The largest absolute Gasteiger partial charge is 0.481 e. The van der Waals surface area contributed by atoms with E-state index < -0.39 is 96.9 Å². The third-order valence-electron chi connectivity index (χ3n) is 17.5. The van der Waals surface area contributed by atoms with Crippen LogP contribution in [0.25, 0.3) is 0 Å². The Bertz CT molecular complexity index is 1600. The van der Waals surface area contributed by atoms with Gasteiger partial charge in [-0.1, -0.05) is 60.1 Å². The first-order chi connectivity index (χ1) is 27.0. The van der Waals surface area contributed by atoms with Crippen LogP contribution in [0.5, 0.6) is 0 Å². The lowest BCUT2D eigenvalue weighted by Crippen LogP contribution is -2.67. The molecule has 330 valence electrons. The van der Waals surface area contributed by atoms with Crippen molar-refractivity contribution >= 4 is 11.9 Å². The number of carbonyl (C=O) groups excluding carboxylic acids is 1. The lowest BCUT2D eigenvalue weighted by Gasteiger charge is -2.71. The number of carbonyl (C=O) groups is 2. The summed E-state index contributed by atoms with van der Waals surface area (Å²) in [4.78, 5) is 26.1. The zero-order chi connectivity index (χ0) is 42.5. The topological polar surface area (TPSA) is 222 Å². The van der Waals surface area contributed by atoms with Gasteiger partial charge in [0.25, 0.3) is 0 Å². The summed E-state index contributed by atoms with van der Waals surface area (Å²) < 4.78 is 29.7. The van der Waals surface area contributed by atoms with Gasteiger partial charge in [-0.25, -0.2) is 4.79 Å². The number of allylic oxidation sites excluding steroid dienone is 2. The van der Waals surface area contributed by atoms with E-state index in [1.807, 2.05) is 0 Å². The second-order valence-corrected chi connectivity index (χ2v) is 21.1. The molecule has 0 radical (unpaired) electrons. The first-order valence-corrected chi connectivity index (χ1v) is 21.8. The van der Waals surface area contributed by atoms with Crippen LogP contribution in [0, 0.1) is 50.2 Å². The molecule has 0 aromatic rings. The molecule has 7 aliphatic rings. The number of aliphatic hydroxyl groups is 6. The molecule has 2 aliphatic heterocycles. The molecular formula is C44H70O14. The van der Waals surface area contributed by atoms with Gasteiger partial charge in [0.2, 0.25) is 0 Å². The Morgan fingerprint density at radius 1 is 0.776 bits per heavy atom. The molecule has 14 nitrogen and oxygen atoms in total. The van der Waals surface area contributed by atoms with Crippen LogP contribution in [0.15, 0.2) is 11.6 Å². The minimum absolute atomic E-state index is 0.00262. The van der Waals surface area contributed by atoms with Gasteiger partial charge in [-0.3, -0.25) is 4.79 Å². The van der Waals surface area contributed by atoms with Crippen molar-refractivity contribution in [3.8, 4) is 0 Å². The summed E-state index contributed by atoms with van der Waals surface area (Å²) in [6.07, 6.45) is -6.07.